The summed E-state index contributed by atoms with van der Waals surface area (Å²) in [6.07, 6.45) is -0.327. The minimum absolute atomic E-state index is 0.0190. The molecule has 2 aromatic carbocycles. The molecule has 204 valence electrons. The molecule has 4 rings (SSSR count). The van der Waals surface area contributed by atoms with E-state index < -0.39 is 23.9 Å². The summed E-state index contributed by atoms with van der Waals surface area (Å²) in [5.74, 6) is -3.27. The standard InChI is InChI=1S/C26H29F3N4O5/c1-15-31-21-10-22(36-3)23(38-13-18-12-33(16(2)35)7-8-37-18)9-19(21)25(32-15)30-11-17-5-4-6-20(24(17)27)26(28,29)14-34/h4-6,9-10,18,34H,7-8,11-14H2,1-3H3,(H,30,31,32)/t18-/m0/s1. The molecule has 1 aromatic heterocycles. The quantitative estimate of drug-likeness (QED) is 0.430. The Hall–Kier alpha value is -3.64. The molecule has 1 aliphatic heterocycles. The lowest BCUT2D eigenvalue weighted by atomic mass is 10.0. The van der Waals surface area contributed by atoms with Gasteiger partial charge in [0, 0.05) is 37.0 Å². The Kier molecular flexibility index (Phi) is 8.22. The number of morpholine rings is 1. The average molecular weight is 535 g/mol. The first-order chi connectivity index (χ1) is 18.1. The van der Waals surface area contributed by atoms with E-state index in [0.29, 0.717) is 53.7 Å². The number of nitrogens with zero attached hydrogens (tertiary/aromatic N) is 3. The first-order valence-electron chi connectivity index (χ1n) is 12.0. The number of methoxy groups -OCH3 is 1. The SMILES string of the molecule is COc1cc2nc(C)nc(NCc3cccc(C(F)(F)CO)c3F)c2cc1OC[C@@H]1CN(C(C)=O)CCO1. The molecule has 12 heteroatoms. The summed E-state index contributed by atoms with van der Waals surface area (Å²) in [6.45, 7) is 3.05. The smallest absolute Gasteiger partial charge is 0.298 e. The number of fused-ring (bicyclic) bond motifs is 1. The fourth-order valence-electron chi connectivity index (χ4n) is 4.21. The first-order valence-corrected chi connectivity index (χ1v) is 12.0. The van der Waals surface area contributed by atoms with Crippen molar-refractivity contribution in [2.75, 3.05) is 45.3 Å². The van der Waals surface area contributed by atoms with Gasteiger partial charge in [-0.15, -0.1) is 0 Å². The van der Waals surface area contributed by atoms with E-state index in [-0.39, 0.29) is 30.7 Å². The van der Waals surface area contributed by atoms with Crippen LogP contribution in [0.2, 0.25) is 0 Å². The van der Waals surface area contributed by atoms with E-state index in [1.165, 1.54) is 26.2 Å². The number of carbonyl (C=O) groups excluding carboxylic acids is 1. The summed E-state index contributed by atoms with van der Waals surface area (Å²) < 4.78 is 59.9. The highest BCUT2D eigenvalue weighted by Crippen LogP contribution is 2.35. The number of ether oxygens (including phenoxy) is 3. The van der Waals surface area contributed by atoms with Gasteiger partial charge in [-0.1, -0.05) is 12.1 Å². The third kappa shape index (κ3) is 5.91. The monoisotopic (exact) mass is 534 g/mol. The zero-order valence-electron chi connectivity index (χ0n) is 21.3. The van der Waals surface area contributed by atoms with Crippen LogP contribution >= 0.6 is 0 Å². The molecule has 0 radical (unpaired) electrons. The van der Waals surface area contributed by atoms with Gasteiger partial charge in [0.2, 0.25) is 5.91 Å². The molecule has 0 aliphatic carbocycles. The van der Waals surface area contributed by atoms with Crippen LogP contribution in [-0.4, -0.2) is 72.0 Å². The Morgan fingerprint density at radius 2 is 2.08 bits per heavy atom. The number of aromatic nitrogens is 2. The van der Waals surface area contributed by atoms with Crippen LogP contribution in [0.4, 0.5) is 19.0 Å². The lowest BCUT2D eigenvalue weighted by Gasteiger charge is -2.32. The number of aliphatic hydroxyl groups is 1. The van der Waals surface area contributed by atoms with Gasteiger partial charge in [-0.3, -0.25) is 4.79 Å². The molecule has 2 N–H and O–H groups in total. The molecule has 38 heavy (non-hydrogen) atoms. The summed E-state index contributed by atoms with van der Waals surface area (Å²) >= 11 is 0. The molecule has 0 saturated carbocycles. The van der Waals surface area contributed by atoms with Crippen LogP contribution < -0.4 is 14.8 Å². The van der Waals surface area contributed by atoms with Crippen molar-refractivity contribution in [3.63, 3.8) is 0 Å². The number of aryl methyl sites for hydroxylation is 1. The van der Waals surface area contributed by atoms with Crippen molar-refractivity contribution in [2.45, 2.75) is 32.4 Å². The molecular formula is C26H29F3N4O5. The van der Waals surface area contributed by atoms with Gasteiger partial charge in [-0.05, 0) is 19.1 Å². The van der Waals surface area contributed by atoms with Crippen molar-refractivity contribution in [3.05, 3.63) is 53.1 Å². The van der Waals surface area contributed by atoms with Gasteiger partial charge in [0.15, 0.2) is 11.5 Å². The number of halogens is 3. The van der Waals surface area contributed by atoms with Crippen LogP contribution in [0.1, 0.15) is 23.9 Å². The van der Waals surface area contributed by atoms with Crippen LogP contribution in [0.15, 0.2) is 30.3 Å². The molecule has 1 amide bonds. The van der Waals surface area contributed by atoms with E-state index in [9.17, 15) is 18.0 Å². The molecule has 1 fully saturated rings. The molecule has 1 aliphatic rings. The molecular weight excluding hydrogens is 505 g/mol. The Morgan fingerprint density at radius 3 is 2.79 bits per heavy atom. The van der Waals surface area contributed by atoms with Crippen LogP contribution in [0.3, 0.4) is 0 Å². The highest BCUT2D eigenvalue weighted by Gasteiger charge is 2.34. The molecule has 0 unspecified atom stereocenters. The maximum atomic E-state index is 14.8. The zero-order valence-corrected chi connectivity index (χ0v) is 21.3. The molecule has 2 heterocycles. The molecule has 9 nitrogen and oxygen atoms in total. The molecule has 1 saturated heterocycles. The number of anilines is 1. The van der Waals surface area contributed by atoms with E-state index in [1.807, 2.05) is 0 Å². The number of carbonyl (C=O) groups is 1. The molecule has 1 atom stereocenters. The van der Waals surface area contributed by atoms with Crippen LogP contribution in [-0.2, 0) is 22.0 Å². The third-order valence-electron chi connectivity index (χ3n) is 6.22. The van der Waals surface area contributed by atoms with E-state index >= 15 is 0 Å². The Bertz CT molecular complexity index is 1320. The minimum Gasteiger partial charge on any atom is -0.493 e. The van der Waals surface area contributed by atoms with E-state index in [2.05, 4.69) is 15.3 Å². The maximum Gasteiger partial charge on any atom is 0.298 e. The maximum absolute atomic E-state index is 14.8. The fourth-order valence-corrected chi connectivity index (χ4v) is 4.21. The van der Waals surface area contributed by atoms with Gasteiger partial charge >= 0.3 is 0 Å². The van der Waals surface area contributed by atoms with Gasteiger partial charge in [0.05, 0.1) is 31.3 Å². The van der Waals surface area contributed by atoms with Crippen molar-refractivity contribution in [2.24, 2.45) is 0 Å². The predicted molar refractivity (Wildman–Crippen MR) is 133 cm³/mol. The highest BCUT2D eigenvalue weighted by atomic mass is 19.3. The highest BCUT2D eigenvalue weighted by molar-refractivity contribution is 5.91. The van der Waals surface area contributed by atoms with Crippen molar-refractivity contribution < 1.29 is 37.3 Å². The number of hydrogen-bond donors (Lipinski definition) is 2. The topological polar surface area (TPSA) is 106 Å². The van der Waals surface area contributed by atoms with Crippen molar-refractivity contribution >= 4 is 22.6 Å². The molecule has 0 spiro atoms. The van der Waals surface area contributed by atoms with Crippen molar-refractivity contribution in [1.82, 2.24) is 14.9 Å². The second kappa shape index (κ2) is 11.4. The average Bonchev–Trinajstić information content (AvgIpc) is 2.90. The number of alkyl halides is 2. The van der Waals surface area contributed by atoms with Crippen molar-refractivity contribution in [1.29, 1.82) is 0 Å². The number of nitrogens with one attached hydrogen (secondary N) is 1. The lowest BCUT2D eigenvalue weighted by molar-refractivity contribution is -0.137. The van der Waals surface area contributed by atoms with Gasteiger partial charge < -0.3 is 29.5 Å². The number of hydrogen-bond acceptors (Lipinski definition) is 8. The number of rotatable bonds is 9. The fraction of sp³-hybridized carbons (Fsp3) is 0.423. The van der Waals surface area contributed by atoms with Gasteiger partial charge in [0.25, 0.3) is 5.92 Å². The first kappa shape index (κ1) is 27.4. The predicted octanol–water partition coefficient (Wildman–Crippen LogP) is 3.41. The number of aliphatic hydroxyl groups excluding tert-OH is 1. The summed E-state index contributed by atoms with van der Waals surface area (Å²) in [7, 11) is 1.49. The lowest BCUT2D eigenvalue weighted by Crippen LogP contribution is -2.46. The summed E-state index contributed by atoms with van der Waals surface area (Å²) in [6, 6.07) is 6.98. The van der Waals surface area contributed by atoms with E-state index in [0.717, 1.165) is 6.07 Å². The Morgan fingerprint density at radius 1 is 1.29 bits per heavy atom. The van der Waals surface area contributed by atoms with Crippen LogP contribution in [0.25, 0.3) is 10.9 Å². The Labute approximate surface area is 217 Å². The summed E-state index contributed by atoms with van der Waals surface area (Å²) in [4.78, 5) is 22.3. The second-order valence-corrected chi connectivity index (χ2v) is 8.90. The van der Waals surface area contributed by atoms with Crippen LogP contribution in [0, 0.1) is 12.7 Å². The van der Waals surface area contributed by atoms with Gasteiger partial charge in [0.1, 0.15) is 36.8 Å². The van der Waals surface area contributed by atoms with Crippen molar-refractivity contribution in [3.8, 4) is 11.5 Å². The third-order valence-corrected chi connectivity index (χ3v) is 6.22. The van der Waals surface area contributed by atoms with E-state index in [1.54, 1.807) is 24.0 Å². The number of benzene rings is 2. The zero-order chi connectivity index (χ0) is 27.4. The second-order valence-electron chi connectivity index (χ2n) is 8.90. The van der Waals surface area contributed by atoms with E-state index in [4.69, 9.17) is 19.3 Å². The van der Waals surface area contributed by atoms with Gasteiger partial charge in [-0.25, -0.2) is 14.4 Å². The number of amides is 1. The van der Waals surface area contributed by atoms with Gasteiger partial charge in [-0.2, -0.15) is 8.78 Å². The minimum atomic E-state index is -3.70. The Balaban J connectivity index is 1.59. The van der Waals surface area contributed by atoms with Crippen LogP contribution in [0.5, 0.6) is 11.5 Å². The summed E-state index contributed by atoms with van der Waals surface area (Å²) in [5, 5.41) is 12.5. The largest absolute Gasteiger partial charge is 0.493 e. The summed E-state index contributed by atoms with van der Waals surface area (Å²) in [5.41, 5.74) is -0.367. The normalized spacial score (nSPS) is 16.0. The molecule has 0 bridgehead atoms. The molecule has 3 aromatic rings.